The van der Waals surface area contributed by atoms with E-state index in [9.17, 15) is 0 Å². The van der Waals surface area contributed by atoms with Crippen molar-refractivity contribution in [3.05, 3.63) is 36.8 Å². The summed E-state index contributed by atoms with van der Waals surface area (Å²) in [6.07, 6.45) is 0.733. The van der Waals surface area contributed by atoms with Gasteiger partial charge >= 0.3 is 0 Å². The number of ether oxygens (including phenoxy) is 1. The molecule has 0 unspecified atom stereocenters. The van der Waals surface area contributed by atoms with Crippen molar-refractivity contribution in [2.24, 2.45) is 0 Å². The second-order valence-electron chi connectivity index (χ2n) is 2.34. The number of hydrogen-bond acceptors (Lipinski definition) is 2. The van der Waals surface area contributed by atoms with Crippen molar-refractivity contribution in [3.8, 4) is 11.8 Å². The molecule has 0 bridgehead atoms. The van der Waals surface area contributed by atoms with Crippen LogP contribution in [-0.2, 0) is 0 Å². The van der Waals surface area contributed by atoms with E-state index in [0.717, 1.165) is 12.2 Å². The van der Waals surface area contributed by atoms with Crippen molar-refractivity contribution in [1.82, 2.24) is 0 Å². The summed E-state index contributed by atoms with van der Waals surface area (Å²) in [5.41, 5.74) is 0.622. The molecule has 0 aromatic heterocycles. The summed E-state index contributed by atoms with van der Waals surface area (Å²) in [6, 6.07) is 9.15. The first-order valence-electron chi connectivity index (χ1n) is 3.79. The number of rotatable bonds is 3. The standard InChI is InChI=1S/C10H10NO/c1-2-6-12-10-5-3-4-9(7-10)8-11/h3-5,7H,1-2,6H2. The van der Waals surface area contributed by atoms with Gasteiger partial charge in [0.1, 0.15) is 5.75 Å². The molecule has 0 fully saturated rings. The Morgan fingerprint density at radius 3 is 3.00 bits per heavy atom. The molecule has 0 saturated carbocycles. The van der Waals surface area contributed by atoms with E-state index in [1.54, 1.807) is 18.2 Å². The highest BCUT2D eigenvalue weighted by atomic mass is 16.5. The zero-order chi connectivity index (χ0) is 8.81. The van der Waals surface area contributed by atoms with E-state index in [4.69, 9.17) is 10.00 Å². The largest absolute Gasteiger partial charge is 0.494 e. The Hall–Kier alpha value is -1.49. The molecule has 0 heterocycles. The average molecular weight is 160 g/mol. The minimum absolute atomic E-state index is 0.592. The van der Waals surface area contributed by atoms with Crippen LogP contribution in [0.4, 0.5) is 0 Å². The quantitative estimate of drug-likeness (QED) is 0.678. The number of benzene rings is 1. The van der Waals surface area contributed by atoms with Crippen molar-refractivity contribution in [3.63, 3.8) is 0 Å². The predicted octanol–water partition coefficient (Wildman–Crippen LogP) is 2.16. The van der Waals surface area contributed by atoms with Crippen LogP contribution in [0.5, 0.6) is 5.75 Å². The molecule has 1 radical (unpaired) electrons. The molecule has 0 amide bonds. The van der Waals surface area contributed by atoms with E-state index in [2.05, 4.69) is 6.92 Å². The Morgan fingerprint density at radius 1 is 1.50 bits per heavy atom. The highest BCUT2D eigenvalue weighted by molar-refractivity contribution is 5.36. The molecule has 0 spiro atoms. The first-order valence-corrected chi connectivity index (χ1v) is 3.79. The van der Waals surface area contributed by atoms with Gasteiger partial charge in [-0.1, -0.05) is 6.07 Å². The molecule has 61 valence electrons. The van der Waals surface area contributed by atoms with Gasteiger partial charge in [-0.15, -0.1) is 0 Å². The minimum atomic E-state index is 0.592. The van der Waals surface area contributed by atoms with Crippen LogP contribution in [0.25, 0.3) is 0 Å². The second kappa shape index (κ2) is 4.40. The van der Waals surface area contributed by atoms with E-state index in [-0.39, 0.29) is 0 Å². The van der Waals surface area contributed by atoms with Gasteiger partial charge in [-0.3, -0.25) is 0 Å². The van der Waals surface area contributed by atoms with Crippen LogP contribution in [-0.4, -0.2) is 6.61 Å². The maximum absolute atomic E-state index is 8.57. The van der Waals surface area contributed by atoms with Gasteiger partial charge in [0.15, 0.2) is 0 Å². The zero-order valence-corrected chi connectivity index (χ0v) is 6.79. The van der Waals surface area contributed by atoms with Gasteiger partial charge in [-0.2, -0.15) is 5.26 Å². The summed E-state index contributed by atoms with van der Waals surface area (Å²) in [7, 11) is 0. The molecule has 1 aromatic rings. The maximum atomic E-state index is 8.57. The van der Waals surface area contributed by atoms with Crippen LogP contribution in [0.1, 0.15) is 12.0 Å². The molecule has 0 N–H and O–H groups in total. The van der Waals surface area contributed by atoms with Crippen molar-refractivity contribution in [1.29, 1.82) is 5.26 Å². The molecule has 0 atom stereocenters. The van der Waals surface area contributed by atoms with E-state index in [0.29, 0.717) is 12.2 Å². The molecule has 0 saturated heterocycles. The molecule has 0 aliphatic carbocycles. The average Bonchev–Trinajstić information content (AvgIpc) is 2.15. The lowest BCUT2D eigenvalue weighted by Gasteiger charge is -2.02. The van der Waals surface area contributed by atoms with E-state index in [1.807, 2.05) is 12.1 Å². The summed E-state index contributed by atoms with van der Waals surface area (Å²) < 4.78 is 5.28. The Morgan fingerprint density at radius 2 is 2.33 bits per heavy atom. The molecule has 1 aromatic carbocycles. The Kier molecular flexibility index (Phi) is 3.16. The Balaban J connectivity index is 2.68. The Bertz CT molecular complexity index is 288. The van der Waals surface area contributed by atoms with Gasteiger partial charge in [0.05, 0.1) is 18.2 Å². The van der Waals surface area contributed by atoms with Crippen molar-refractivity contribution in [2.75, 3.05) is 6.61 Å². The molecule has 12 heavy (non-hydrogen) atoms. The lowest BCUT2D eigenvalue weighted by Crippen LogP contribution is -1.94. The van der Waals surface area contributed by atoms with Crippen molar-refractivity contribution >= 4 is 0 Å². The number of hydrogen-bond donors (Lipinski definition) is 0. The first kappa shape index (κ1) is 8.61. The van der Waals surface area contributed by atoms with Crippen LogP contribution < -0.4 is 4.74 Å². The van der Waals surface area contributed by atoms with E-state index >= 15 is 0 Å². The molecule has 0 aliphatic rings. The third-order valence-electron chi connectivity index (χ3n) is 1.38. The molecule has 2 nitrogen and oxygen atoms in total. The fourth-order valence-electron chi connectivity index (χ4n) is 0.845. The van der Waals surface area contributed by atoms with Gasteiger partial charge < -0.3 is 4.74 Å². The van der Waals surface area contributed by atoms with Gasteiger partial charge in [0.2, 0.25) is 0 Å². The minimum Gasteiger partial charge on any atom is -0.494 e. The van der Waals surface area contributed by atoms with Gasteiger partial charge in [-0.25, -0.2) is 0 Å². The molecular formula is C10H10NO. The normalized spacial score (nSPS) is 9.00. The predicted molar refractivity (Wildman–Crippen MR) is 46.6 cm³/mol. The fraction of sp³-hybridized carbons (Fsp3) is 0.200. The highest BCUT2D eigenvalue weighted by Gasteiger charge is 1.93. The van der Waals surface area contributed by atoms with Crippen molar-refractivity contribution < 1.29 is 4.74 Å². The SMILES string of the molecule is [CH2]CCOc1cccc(C#N)c1. The molecule has 2 heteroatoms. The molecule has 1 rings (SSSR count). The van der Waals surface area contributed by atoms with Crippen LogP contribution in [0.2, 0.25) is 0 Å². The highest BCUT2D eigenvalue weighted by Crippen LogP contribution is 2.12. The fourth-order valence-corrected chi connectivity index (χ4v) is 0.845. The topological polar surface area (TPSA) is 33.0 Å². The Labute approximate surface area is 72.4 Å². The van der Waals surface area contributed by atoms with Crippen molar-refractivity contribution in [2.45, 2.75) is 6.42 Å². The van der Waals surface area contributed by atoms with E-state index in [1.165, 1.54) is 0 Å². The third-order valence-corrected chi connectivity index (χ3v) is 1.38. The van der Waals surface area contributed by atoms with E-state index < -0.39 is 0 Å². The van der Waals surface area contributed by atoms with Crippen LogP contribution in [0.15, 0.2) is 24.3 Å². The van der Waals surface area contributed by atoms with Gasteiger partial charge in [0, 0.05) is 0 Å². The van der Waals surface area contributed by atoms with Crippen LogP contribution in [0.3, 0.4) is 0 Å². The lowest BCUT2D eigenvalue weighted by molar-refractivity contribution is 0.324. The van der Waals surface area contributed by atoms with Gasteiger partial charge in [0.25, 0.3) is 0 Å². The zero-order valence-electron chi connectivity index (χ0n) is 6.79. The number of nitrogens with zero attached hydrogens (tertiary/aromatic N) is 1. The molecular weight excluding hydrogens is 150 g/mol. The summed E-state index contributed by atoms with van der Waals surface area (Å²) in [5, 5.41) is 8.57. The summed E-state index contributed by atoms with van der Waals surface area (Å²) in [6.45, 7) is 4.25. The first-order chi connectivity index (χ1) is 5.86. The van der Waals surface area contributed by atoms with Crippen LogP contribution in [0, 0.1) is 18.3 Å². The van der Waals surface area contributed by atoms with Crippen LogP contribution >= 0.6 is 0 Å². The number of nitriles is 1. The maximum Gasteiger partial charge on any atom is 0.120 e. The summed E-state index contributed by atoms with van der Waals surface area (Å²) >= 11 is 0. The monoisotopic (exact) mass is 160 g/mol. The third kappa shape index (κ3) is 2.28. The summed E-state index contributed by atoms with van der Waals surface area (Å²) in [4.78, 5) is 0. The molecule has 0 aliphatic heterocycles. The lowest BCUT2D eigenvalue weighted by atomic mass is 10.2. The summed E-state index contributed by atoms with van der Waals surface area (Å²) in [5.74, 6) is 0.734. The van der Waals surface area contributed by atoms with Gasteiger partial charge in [-0.05, 0) is 31.5 Å². The second-order valence-corrected chi connectivity index (χ2v) is 2.34. The smallest absolute Gasteiger partial charge is 0.120 e.